The third kappa shape index (κ3) is 8.70. The minimum absolute atomic E-state index is 0.751. The van der Waals surface area contributed by atoms with Crippen LogP contribution in [0, 0.1) is 0 Å². The van der Waals surface area contributed by atoms with E-state index in [1.165, 1.54) is 0 Å². The second-order valence-electron chi connectivity index (χ2n) is 16.5. The largest absolute Gasteiger partial charge is 0.497 e. The summed E-state index contributed by atoms with van der Waals surface area (Å²) in [6, 6.07) is 70.7. The number of methoxy groups -OCH3 is 6. The van der Waals surface area contributed by atoms with Crippen molar-refractivity contribution >= 4 is 73.0 Å². The molecule has 0 spiro atoms. The van der Waals surface area contributed by atoms with Gasteiger partial charge in [-0.2, -0.15) is 0 Å². The lowest BCUT2D eigenvalue weighted by molar-refractivity contribution is 0.414. The third-order valence-electron chi connectivity index (χ3n) is 12.5. The molecule has 10 rings (SSSR count). The summed E-state index contributed by atoms with van der Waals surface area (Å²) in [5.41, 5.74) is 11.5. The molecule has 0 saturated carbocycles. The molecular formula is C60H52N4O6. The summed E-state index contributed by atoms with van der Waals surface area (Å²) in [6.07, 6.45) is 0. The van der Waals surface area contributed by atoms with Crippen LogP contribution in [0.1, 0.15) is 0 Å². The first-order valence-corrected chi connectivity index (χ1v) is 22.8. The quantitative estimate of drug-likeness (QED) is 0.0942. The van der Waals surface area contributed by atoms with Crippen LogP contribution in [0.5, 0.6) is 34.5 Å². The Morgan fingerprint density at radius 2 is 0.543 bits per heavy atom. The van der Waals surface area contributed by atoms with Gasteiger partial charge in [0, 0.05) is 98.0 Å². The molecule has 10 nitrogen and oxygen atoms in total. The lowest BCUT2D eigenvalue weighted by atomic mass is 10.1. The number of anilines is 9. The van der Waals surface area contributed by atoms with Gasteiger partial charge in [0.1, 0.15) is 34.5 Å². The minimum Gasteiger partial charge on any atom is -0.497 e. The third-order valence-corrected chi connectivity index (χ3v) is 12.5. The Labute approximate surface area is 408 Å². The molecule has 10 heteroatoms. The van der Waals surface area contributed by atoms with Crippen molar-refractivity contribution in [2.24, 2.45) is 0 Å². The van der Waals surface area contributed by atoms with E-state index in [0.717, 1.165) is 113 Å². The molecule has 0 radical (unpaired) electrons. The van der Waals surface area contributed by atoms with Gasteiger partial charge in [0.25, 0.3) is 0 Å². The van der Waals surface area contributed by atoms with E-state index in [4.69, 9.17) is 28.4 Å². The van der Waals surface area contributed by atoms with Crippen LogP contribution < -0.4 is 43.1 Å². The standard InChI is InChI=1S/C60H52N4O6/c1-65-51-29-25-41(26-30-51)61(44-15-8-20-52(34-44)66-2)49-27-31-59-57(39-49)58-40-50(63(47-18-11-23-55(37-47)69-5)48-19-12-24-56(38-48)70-6)28-32-60(58)64(59)43-14-7-13-42(33-43)62(45-16-9-21-53(35-45)67-3)46-17-10-22-54(36-46)68-4/h7-40H,1-6H3. The molecule has 70 heavy (non-hydrogen) atoms. The van der Waals surface area contributed by atoms with E-state index in [2.05, 4.69) is 128 Å². The van der Waals surface area contributed by atoms with Crippen LogP contribution >= 0.6 is 0 Å². The van der Waals surface area contributed by atoms with E-state index in [-0.39, 0.29) is 0 Å². The van der Waals surface area contributed by atoms with Crippen molar-refractivity contribution < 1.29 is 28.4 Å². The summed E-state index contributed by atoms with van der Waals surface area (Å²) in [7, 11) is 10.1. The molecule has 0 aliphatic heterocycles. The molecular weight excluding hydrogens is 873 g/mol. The zero-order valence-electron chi connectivity index (χ0n) is 39.9. The molecule has 9 aromatic carbocycles. The average Bonchev–Trinajstić information content (AvgIpc) is 3.74. The number of fused-ring (bicyclic) bond motifs is 3. The number of ether oxygens (including phenoxy) is 6. The van der Waals surface area contributed by atoms with E-state index < -0.39 is 0 Å². The molecule has 0 aliphatic carbocycles. The molecule has 348 valence electrons. The van der Waals surface area contributed by atoms with Crippen LogP contribution in [-0.2, 0) is 0 Å². The number of hydrogen-bond donors (Lipinski definition) is 0. The molecule has 10 aromatic rings. The Bertz CT molecular complexity index is 3370. The first-order chi connectivity index (χ1) is 34.4. The van der Waals surface area contributed by atoms with Gasteiger partial charge in [-0.25, -0.2) is 0 Å². The van der Waals surface area contributed by atoms with Gasteiger partial charge < -0.3 is 47.7 Å². The number of rotatable bonds is 16. The molecule has 0 fully saturated rings. The first kappa shape index (κ1) is 44.8. The molecule has 0 unspecified atom stereocenters. The summed E-state index contributed by atoms with van der Waals surface area (Å²) in [5.74, 6) is 4.54. The molecule has 1 heterocycles. The Morgan fingerprint density at radius 3 is 0.886 bits per heavy atom. The Hall–Kier alpha value is -9.02. The van der Waals surface area contributed by atoms with Crippen molar-refractivity contribution in [3.8, 4) is 40.2 Å². The lowest BCUT2D eigenvalue weighted by Gasteiger charge is -2.27. The molecule has 0 bridgehead atoms. The van der Waals surface area contributed by atoms with Gasteiger partial charge >= 0.3 is 0 Å². The van der Waals surface area contributed by atoms with Crippen molar-refractivity contribution in [3.63, 3.8) is 0 Å². The van der Waals surface area contributed by atoms with Gasteiger partial charge in [-0.15, -0.1) is 0 Å². The van der Waals surface area contributed by atoms with Gasteiger partial charge in [0.05, 0.1) is 53.7 Å². The van der Waals surface area contributed by atoms with Gasteiger partial charge in [-0.3, -0.25) is 0 Å². The smallest absolute Gasteiger partial charge is 0.120 e. The molecule has 0 atom stereocenters. The van der Waals surface area contributed by atoms with Crippen molar-refractivity contribution in [2.75, 3.05) is 57.4 Å². The summed E-state index contributed by atoms with van der Waals surface area (Å²) in [6.45, 7) is 0. The fourth-order valence-corrected chi connectivity index (χ4v) is 9.15. The molecule has 1 aromatic heterocycles. The summed E-state index contributed by atoms with van der Waals surface area (Å²) in [5, 5.41) is 2.10. The van der Waals surface area contributed by atoms with Crippen molar-refractivity contribution in [3.05, 3.63) is 206 Å². The van der Waals surface area contributed by atoms with E-state index in [1.807, 2.05) is 97.1 Å². The normalized spacial score (nSPS) is 11.0. The summed E-state index contributed by atoms with van der Waals surface area (Å²) < 4.78 is 36.6. The molecule has 0 amide bonds. The van der Waals surface area contributed by atoms with Gasteiger partial charge in [-0.05, 0) is 140 Å². The van der Waals surface area contributed by atoms with Crippen LogP contribution in [0.25, 0.3) is 27.5 Å². The van der Waals surface area contributed by atoms with Gasteiger partial charge in [0.2, 0.25) is 0 Å². The predicted molar refractivity (Wildman–Crippen MR) is 284 cm³/mol. The van der Waals surface area contributed by atoms with E-state index >= 15 is 0 Å². The highest BCUT2D eigenvalue weighted by atomic mass is 16.5. The SMILES string of the molecule is COc1ccc(N(c2cccc(OC)c2)c2ccc3c(c2)c2cc(N(c4cccc(OC)c4)c4cccc(OC)c4)ccc2n3-c2cccc(N(c3cccc(OC)c3)c3cccc(OC)c3)c2)cc1. The fraction of sp³-hybridized carbons (Fsp3) is 0.100. The van der Waals surface area contributed by atoms with E-state index in [1.54, 1.807) is 42.7 Å². The zero-order chi connectivity index (χ0) is 48.1. The monoisotopic (exact) mass is 924 g/mol. The van der Waals surface area contributed by atoms with Gasteiger partial charge in [-0.1, -0.05) is 36.4 Å². The maximum Gasteiger partial charge on any atom is 0.120 e. The van der Waals surface area contributed by atoms with Crippen molar-refractivity contribution in [1.82, 2.24) is 4.57 Å². The minimum atomic E-state index is 0.751. The van der Waals surface area contributed by atoms with Crippen LogP contribution in [0.2, 0.25) is 0 Å². The maximum absolute atomic E-state index is 5.75. The van der Waals surface area contributed by atoms with Crippen molar-refractivity contribution in [1.29, 1.82) is 0 Å². The molecule has 0 saturated heterocycles. The highest BCUT2D eigenvalue weighted by molar-refractivity contribution is 6.12. The second-order valence-corrected chi connectivity index (χ2v) is 16.5. The number of benzene rings is 9. The van der Waals surface area contributed by atoms with Crippen LogP contribution in [0.15, 0.2) is 206 Å². The summed E-state index contributed by atoms with van der Waals surface area (Å²) in [4.78, 5) is 6.70. The van der Waals surface area contributed by atoms with Crippen LogP contribution in [0.4, 0.5) is 51.2 Å². The van der Waals surface area contributed by atoms with Crippen LogP contribution in [0.3, 0.4) is 0 Å². The molecule has 0 aliphatic rings. The Morgan fingerprint density at radius 1 is 0.257 bits per heavy atom. The summed E-state index contributed by atoms with van der Waals surface area (Å²) >= 11 is 0. The highest BCUT2D eigenvalue weighted by Crippen LogP contribution is 2.45. The number of nitrogens with zero attached hydrogens (tertiary/aromatic N) is 4. The van der Waals surface area contributed by atoms with Gasteiger partial charge in [0.15, 0.2) is 0 Å². The second kappa shape index (κ2) is 19.7. The maximum atomic E-state index is 5.75. The zero-order valence-corrected chi connectivity index (χ0v) is 39.9. The number of hydrogen-bond acceptors (Lipinski definition) is 9. The average molecular weight is 925 g/mol. The fourth-order valence-electron chi connectivity index (χ4n) is 9.15. The molecule has 0 N–H and O–H groups in total. The van der Waals surface area contributed by atoms with E-state index in [9.17, 15) is 0 Å². The first-order valence-electron chi connectivity index (χ1n) is 22.8. The van der Waals surface area contributed by atoms with Crippen molar-refractivity contribution in [2.45, 2.75) is 0 Å². The van der Waals surface area contributed by atoms with Crippen LogP contribution in [-0.4, -0.2) is 47.2 Å². The lowest BCUT2D eigenvalue weighted by Crippen LogP contribution is -2.11. The topological polar surface area (TPSA) is 70.0 Å². The number of aromatic nitrogens is 1. The van der Waals surface area contributed by atoms with E-state index in [0.29, 0.717) is 0 Å². The Kier molecular flexibility index (Phi) is 12.6. The Balaban J connectivity index is 1.23. The predicted octanol–water partition coefficient (Wildman–Crippen LogP) is 15.2. The highest BCUT2D eigenvalue weighted by Gasteiger charge is 2.22.